The summed E-state index contributed by atoms with van der Waals surface area (Å²) in [4.78, 5) is 24.3. The molecular formula is C18H18ClNO4S. The van der Waals surface area contributed by atoms with Crippen LogP contribution in [0.5, 0.6) is 0 Å². The van der Waals surface area contributed by atoms with E-state index < -0.39 is 32.2 Å². The van der Waals surface area contributed by atoms with Gasteiger partial charge in [-0.1, -0.05) is 48.0 Å². The lowest BCUT2D eigenvalue weighted by molar-refractivity contribution is -0.124. The minimum atomic E-state index is -4.35. The first-order valence-electron chi connectivity index (χ1n) is 7.56. The molecule has 0 aliphatic rings. The van der Waals surface area contributed by atoms with Gasteiger partial charge in [0.05, 0.1) is 10.9 Å². The maximum absolute atomic E-state index is 12.3. The standard InChI is InChI=1S/C18H18ClNO4S/c1-12-7-9-14(10-8-12)25(23,24)18(22)16(19)17(21)15(20)11-13-5-3-2-4-6-13/h2-10,15-16H,11,20H2,1H3/t15-,16?/m0/s1. The van der Waals surface area contributed by atoms with Gasteiger partial charge in [-0.15, -0.1) is 11.6 Å². The Hall–Kier alpha value is -2.02. The molecule has 2 rings (SSSR count). The highest BCUT2D eigenvalue weighted by molar-refractivity contribution is 8.06. The van der Waals surface area contributed by atoms with Crippen LogP contribution in [0, 0.1) is 6.92 Å². The van der Waals surface area contributed by atoms with Crippen molar-refractivity contribution in [1.82, 2.24) is 0 Å². The maximum Gasteiger partial charge on any atom is 0.276 e. The van der Waals surface area contributed by atoms with Gasteiger partial charge in [0.2, 0.25) is 9.84 Å². The van der Waals surface area contributed by atoms with Gasteiger partial charge in [-0.25, -0.2) is 8.42 Å². The normalized spacial score (nSPS) is 13.9. The molecule has 0 fully saturated rings. The van der Waals surface area contributed by atoms with Gasteiger partial charge < -0.3 is 5.73 Å². The summed E-state index contributed by atoms with van der Waals surface area (Å²) < 4.78 is 24.7. The lowest BCUT2D eigenvalue weighted by Gasteiger charge is -2.14. The average Bonchev–Trinajstić information content (AvgIpc) is 2.61. The van der Waals surface area contributed by atoms with Crippen LogP contribution in [0.25, 0.3) is 0 Å². The third-order valence-corrected chi connectivity index (χ3v) is 5.92. The smallest absolute Gasteiger partial charge is 0.276 e. The summed E-state index contributed by atoms with van der Waals surface area (Å²) in [5, 5.41) is -3.20. The topological polar surface area (TPSA) is 94.3 Å². The van der Waals surface area contributed by atoms with Gasteiger partial charge in [0.1, 0.15) is 0 Å². The summed E-state index contributed by atoms with van der Waals surface area (Å²) in [6, 6.07) is 13.6. The lowest BCUT2D eigenvalue weighted by atomic mass is 10.0. The Morgan fingerprint density at radius 1 is 1.04 bits per heavy atom. The van der Waals surface area contributed by atoms with Crippen molar-refractivity contribution < 1.29 is 18.0 Å². The Kier molecular flexibility index (Phi) is 6.11. The predicted octanol–water partition coefficient (Wildman–Crippen LogP) is 2.04. The Morgan fingerprint density at radius 2 is 1.60 bits per heavy atom. The molecule has 0 aliphatic carbocycles. The molecule has 25 heavy (non-hydrogen) atoms. The number of aryl methyl sites for hydroxylation is 1. The third kappa shape index (κ3) is 4.54. The third-order valence-electron chi connectivity index (χ3n) is 3.72. The SMILES string of the molecule is Cc1ccc(S(=O)(=O)C(=O)C(Cl)C(=O)[C@@H](N)Cc2ccccc2)cc1. The second-order valence-electron chi connectivity index (χ2n) is 5.70. The van der Waals surface area contributed by atoms with Crippen molar-refractivity contribution in [2.75, 3.05) is 0 Å². The van der Waals surface area contributed by atoms with Crippen LogP contribution in [0.4, 0.5) is 0 Å². The number of carbonyl (C=O) groups is 2. The van der Waals surface area contributed by atoms with Crippen LogP contribution in [0.1, 0.15) is 11.1 Å². The molecule has 2 atom stereocenters. The Morgan fingerprint density at radius 3 is 2.16 bits per heavy atom. The number of hydrogen-bond acceptors (Lipinski definition) is 5. The zero-order valence-electron chi connectivity index (χ0n) is 13.6. The fourth-order valence-corrected chi connectivity index (χ4v) is 3.87. The van der Waals surface area contributed by atoms with Gasteiger partial charge in [-0.2, -0.15) is 0 Å². The summed E-state index contributed by atoms with van der Waals surface area (Å²) in [5.74, 6) is -0.814. The summed E-state index contributed by atoms with van der Waals surface area (Å²) in [7, 11) is -4.35. The second kappa shape index (κ2) is 7.91. The van der Waals surface area contributed by atoms with Crippen molar-refractivity contribution >= 4 is 32.3 Å². The average molecular weight is 380 g/mol. The van der Waals surface area contributed by atoms with Gasteiger partial charge in [-0.05, 0) is 31.0 Å². The van der Waals surface area contributed by atoms with E-state index in [0.29, 0.717) is 0 Å². The molecule has 2 aromatic carbocycles. The molecule has 0 saturated heterocycles. The van der Waals surface area contributed by atoms with Gasteiger partial charge in [-0.3, -0.25) is 9.59 Å². The molecule has 0 bridgehead atoms. The number of ketones is 1. The van der Waals surface area contributed by atoms with E-state index in [0.717, 1.165) is 11.1 Å². The van der Waals surface area contributed by atoms with E-state index in [2.05, 4.69) is 0 Å². The molecule has 0 aromatic heterocycles. The van der Waals surface area contributed by atoms with Crippen LogP contribution in [-0.4, -0.2) is 30.7 Å². The van der Waals surface area contributed by atoms with Gasteiger partial charge in [0.15, 0.2) is 11.2 Å². The molecule has 7 heteroatoms. The zero-order valence-corrected chi connectivity index (χ0v) is 15.1. The van der Waals surface area contributed by atoms with E-state index in [-0.39, 0.29) is 11.3 Å². The monoisotopic (exact) mass is 379 g/mol. The lowest BCUT2D eigenvalue weighted by Crippen LogP contribution is -2.43. The number of carbonyl (C=O) groups excluding carboxylic acids is 2. The summed E-state index contributed by atoms with van der Waals surface area (Å²) in [5.41, 5.74) is 7.44. The quantitative estimate of drug-likeness (QED) is 0.612. The molecule has 0 aliphatic heterocycles. The molecule has 0 amide bonds. The van der Waals surface area contributed by atoms with Crippen molar-refractivity contribution in [3.8, 4) is 0 Å². The number of benzene rings is 2. The summed E-state index contributed by atoms with van der Waals surface area (Å²) >= 11 is 5.85. The van der Waals surface area contributed by atoms with Crippen LogP contribution >= 0.6 is 11.6 Å². The first-order valence-corrected chi connectivity index (χ1v) is 9.48. The fraction of sp³-hybridized carbons (Fsp3) is 0.222. The number of hydrogen-bond donors (Lipinski definition) is 1. The minimum absolute atomic E-state index is 0.167. The highest BCUT2D eigenvalue weighted by Crippen LogP contribution is 2.18. The molecule has 0 radical (unpaired) electrons. The first-order chi connectivity index (χ1) is 11.7. The molecule has 5 nitrogen and oxygen atoms in total. The van der Waals surface area contributed by atoms with Crippen molar-refractivity contribution in [3.63, 3.8) is 0 Å². The number of sulfone groups is 1. The number of alkyl halides is 1. The van der Waals surface area contributed by atoms with Gasteiger partial charge in [0.25, 0.3) is 5.12 Å². The molecule has 0 saturated carbocycles. The highest BCUT2D eigenvalue weighted by atomic mass is 35.5. The fourth-order valence-electron chi connectivity index (χ4n) is 2.24. The second-order valence-corrected chi connectivity index (χ2v) is 8.01. The van der Waals surface area contributed by atoms with Crippen molar-refractivity contribution in [3.05, 3.63) is 65.7 Å². The molecule has 2 N–H and O–H groups in total. The molecule has 1 unspecified atom stereocenters. The van der Waals surface area contributed by atoms with E-state index >= 15 is 0 Å². The van der Waals surface area contributed by atoms with E-state index in [1.165, 1.54) is 12.1 Å². The Labute approximate surface area is 151 Å². The van der Waals surface area contributed by atoms with Crippen LogP contribution in [0.3, 0.4) is 0 Å². The number of Topliss-reactive ketones (excluding diaryl/α,β-unsaturated/α-hetero) is 1. The molecule has 2 aromatic rings. The number of rotatable bonds is 6. The van der Waals surface area contributed by atoms with Crippen LogP contribution in [0.2, 0.25) is 0 Å². The largest absolute Gasteiger partial charge is 0.321 e. The van der Waals surface area contributed by atoms with E-state index in [1.807, 2.05) is 6.07 Å². The number of nitrogens with two attached hydrogens (primary N) is 1. The molecule has 0 heterocycles. The molecule has 132 valence electrons. The van der Waals surface area contributed by atoms with Crippen molar-refractivity contribution in [2.24, 2.45) is 5.73 Å². The minimum Gasteiger partial charge on any atom is -0.321 e. The predicted molar refractivity (Wildman–Crippen MR) is 96.1 cm³/mol. The van der Waals surface area contributed by atoms with Gasteiger partial charge in [0, 0.05) is 0 Å². The van der Waals surface area contributed by atoms with Crippen molar-refractivity contribution in [2.45, 2.75) is 29.7 Å². The molecule has 0 spiro atoms. The molecular weight excluding hydrogens is 362 g/mol. The number of halogens is 1. The van der Waals surface area contributed by atoms with E-state index in [1.54, 1.807) is 43.3 Å². The van der Waals surface area contributed by atoms with E-state index in [9.17, 15) is 18.0 Å². The Bertz CT molecular complexity index is 864. The first kappa shape index (κ1) is 19.3. The van der Waals surface area contributed by atoms with E-state index in [4.69, 9.17) is 17.3 Å². The van der Waals surface area contributed by atoms with Crippen molar-refractivity contribution in [1.29, 1.82) is 0 Å². The summed E-state index contributed by atoms with van der Waals surface area (Å²) in [6.45, 7) is 1.79. The zero-order chi connectivity index (χ0) is 18.6. The van der Waals surface area contributed by atoms with Gasteiger partial charge >= 0.3 is 0 Å². The highest BCUT2D eigenvalue weighted by Gasteiger charge is 2.37. The summed E-state index contributed by atoms with van der Waals surface area (Å²) in [6.07, 6.45) is 0.167. The van der Waals surface area contributed by atoms with Crippen LogP contribution < -0.4 is 5.73 Å². The Balaban J connectivity index is 2.15. The van der Waals surface area contributed by atoms with Crippen LogP contribution in [-0.2, 0) is 25.8 Å². The maximum atomic E-state index is 12.3. The van der Waals surface area contributed by atoms with Crippen LogP contribution in [0.15, 0.2) is 59.5 Å².